The summed E-state index contributed by atoms with van der Waals surface area (Å²) in [7, 11) is 3.14. The molecule has 0 aliphatic carbocycles. The first-order chi connectivity index (χ1) is 7.78. The summed E-state index contributed by atoms with van der Waals surface area (Å²) in [6.07, 6.45) is -2.40. The van der Waals surface area contributed by atoms with Crippen LogP contribution in [0.3, 0.4) is 0 Å². The number of nitrogens with zero attached hydrogens (tertiary/aromatic N) is 2. The highest BCUT2D eigenvalue weighted by molar-refractivity contribution is 5.05. The quantitative estimate of drug-likeness (QED) is 0.753. The SMILES string of the molecule is CCC(C#N)(CCCN(C)CC(F)(F)F)NC. The normalized spacial score (nSPS) is 15.6. The van der Waals surface area contributed by atoms with E-state index in [-0.39, 0.29) is 0 Å². The number of hydrogen-bond donors (Lipinski definition) is 1. The summed E-state index contributed by atoms with van der Waals surface area (Å²) in [4.78, 5) is 1.23. The lowest BCUT2D eigenvalue weighted by atomic mass is 9.92. The number of hydrogen-bond acceptors (Lipinski definition) is 3. The minimum Gasteiger partial charge on any atom is -0.302 e. The molecular weight excluding hydrogens is 231 g/mol. The van der Waals surface area contributed by atoms with E-state index in [0.29, 0.717) is 25.8 Å². The van der Waals surface area contributed by atoms with Crippen molar-refractivity contribution in [3.63, 3.8) is 0 Å². The molecule has 6 heteroatoms. The Morgan fingerprint density at radius 1 is 1.35 bits per heavy atom. The standard InChI is InChI=1S/C11H20F3N3/c1-4-10(8-15,16-2)6-5-7-17(3)9-11(12,13)14/h16H,4-7,9H2,1-3H3. The third-order valence-corrected chi connectivity index (χ3v) is 2.89. The predicted molar refractivity (Wildman–Crippen MR) is 60.5 cm³/mol. The van der Waals surface area contributed by atoms with Crippen LogP contribution in [0.15, 0.2) is 0 Å². The Bertz CT molecular complexity index is 254. The van der Waals surface area contributed by atoms with Gasteiger partial charge in [-0.1, -0.05) is 6.92 Å². The average molecular weight is 251 g/mol. The summed E-state index contributed by atoms with van der Waals surface area (Å²) in [5, 5.41) is 12.0. The Hall–Kier alpha value is -0.800. The maximum absolute atomic E-state index is 12.1. The number of rotatable bonds is 7. The minimum absolute atomic E-state index is 0.338. The van der Waals surface area contributed by atoms with E-state index >= 15 is 0 Å². The Kier molecular flexibility index (Phi) is 6.50. The number of halogens is 3. The molecule has 0 saturated carbocycles. The second kappa shape index (κ2) is 6.82. The van der Waals surface area contributed by atoms with Crippen LogP contribution in [0.4, 0.5) is 13.2 Å². The molecule has 0 rings (SSSR count). The van der Waals surface area contributed by atoms with Gasteiger partial charge in [0.25, 0.3) is 0 Å². The van der Waals surface area contributed by atoms with Crippen molar-refractivity contribution in [3.8, 4) is 6.07 Å². The van der Waals surface area contributed by atoms with E-state index in [4.69, 9.17) is 5.26 Å². The zero-order chi connectivity index (χ0) is 13.5. The summed E-state index contributed by atoms with van der Waals surface area (Å²) < 4.78 is 36.2. The van der Waals surface area contributed by atoms with Crippen LogP contribution in [0.1, 0.15) is 26.2 Å². The number of nitriles is 1. The Balaban J connectivity index is 4.02. The molecule has 1 atom stereocenters. The smallest absolute Gasteiger partial charge is 0.302 e. The molecule has 0 aromatic carbocycles. The van der Waals surface area contributed by atoms with Crippen molar-refractivity contribution in [2.24, 2.45) is 0 Å². The van der Waals surface area contributed by atoms with Gasteiger partial charge in [0, 0.05) is 0 Å². The first kappa shape index (κ1) is 16.2. The van der Waals surface area contributed by atoms with Crippen LogP contribution in [0.25, 0.3) is 0 Å². The Morgan fingerprint density at radius 3 is 2.29 bits per heavy atom. The van der Waals surface area contributed by atoms with Gasteiger partial charge < -0.3 is 5.32 Å². The van der Waals surface area contributed by atoms with Crippen molar-refractivity contribution in [2.75, 3.05) is 27.2 Å². The molecule has 1 unspecified atom stereocenters. The van der Waals surface area contributed by atoms with Crippen molar-refractivity contribution in [2.45, 2.75) is 37.9 Å². The van der Waals surface area contributed by atoms with Crippen LogP contribution in [0.2, 0.25) is 0 Å². The summed E-state index contributed by atoms with van der Waals surface area (Å²) in [6.45, 7) is 1.32. The maximum Gasteiger partial charge on any atom is 0.401 e. The van der Waals surface area contributed by atoms with Gasteiger partial charge in [-0.25, -0.2) is 0 Å². The van der Waals surface area contributed by atoms with E-state index in [9.17, 15) is 13.2 Å². The number of nitrogens with one attached hydrogen (secondary N) is 1. The van der Waals surface area contributed by atoms with E-state index in [1.54, 1.807) is 7.05 Å². The summed E-state index contributed by atoms with van der Waals surface area (Å²) in [5.41, 5.74) is -0.612. The molecule has 0 aliphatic rings. The van der Waals surface area contributed by atoms with Crippen molar-refractivity contribution in [1.29, 1.82) is 5.26 Å². The van der Waals surface area contributed by atoms with E-state index < -0.39 is 18.3 Å². The molecule has 0 spiro atoms. The van der Waals surface area contributed by atoms with Gasteiger partial charge in [-0.3, -0.25) is 4.90 Å². The van der Waals surface area contributed by atoms with Crippen LogP contribution in [-0.2, 0) is 0 Å². The lowest BCUT2D eigenvalue weighted by Crippen LogP contribution is -2.41. The molecule has 0 radical (unpaired) electrons. The molecule has 0 fully saturated rings. The fraction of sp³-hybridized carbons (Fsp3) is 0.909. The van der Waals surface area contributed by atoms with Crippen molar-refractivity contribution >= 4 is 0 Å². The molecule has 0 heterocycles. The molecule has 0 amide bonds. The highest BCUT2D eigenvalue weighted by Gasteiger charge is 2.30. The van der Waals surface area contributed by atoms with Crippen LogP contribution < -0.4 is 5.32 Å². The molecule has 0 aliphatic heterocycles. The maximum atomic E-state index is 12.1. The monoisotopic (exact) mass is 251 g/mol. The largest absolute Gasteiger partial charge is 0.401 e. The Labute approximate surface area is 101 Å². The molecule has 17 heavy (non-hydrogen) atoms. The van der Waals surface area contributed by atoms with Gasteiger partial charge in [0.1, 0.15) is 5.54 Å². The van der Waals surface area contributed by atoms with Gasteiger partial charge in [0.2, 0.25) is 0 Å². The highest BCUT2D eigenvalue weighted by atomic mass is 19.4. The zero-order valence-corrected chi connectivity index (χ0v) is 10.6. The topological polar surface area (TPSA) is 39.1 Å². The third kappa shape index (κ3) is 6.49. The van der Waals surface area contributed by atoms with E-state index in [2.05, 4.69) is 11.4 Å². The third-order valence-electron chi connectivity index (χ3n) is 2.89. The summed E-state index contributed by atoms with van der Waals surface area (Å²) >= 11 is 0. The lowest BCUT2D eigenvalue weighted by molar-refractivity contribution is -0.143. The molecule has 0 aromatic heterocycles. The lowest BCUT2D eigenvalue weighted by Gasteiger charge is -2.26. The molecular formula is C11H20F3N3. The van der Waals surface area contributed by atoms with Gasteiger partial charge >= 0.3 is 6.18 Å². The fourth-order valence-corrected chi connectivity index (χ4v) is 1.71. The molecule has 0 saturated heterocycles. The van der Waals surface area contributed by atoms with E-state index in [1.807, 2.05) is 6.92 Å². The first-order valence-corrected chi connectivity index (χ1v) is 5.64. The number of alkyl halides is 3. The molecule has 3 nitrogen and oxygen atoms in total. The summed E-state index contributed by atoms with van der Waals surface area (Å²) in [5.74, 6) is 0. The van der Waals surface area contributed by atoms with Crippen LogP contribution in [0.5, 0.6) is 0 Å². The van der Waals surface area contributed by atoms with Gasteiger partial charge in [0.05, 0.1) is 12.6 Å². The molecule has 1 N–H and O–H groups in total. The van der Waals surface area contributed by atoms with Gasteiger partial charge in [0.15, 0.2) is 0 Å². The van der Waals surface area contributed by atoms with Crippen molar-refractivity contribution in [1.82, 2.24) is 10.2 Å². The van der Waals surface area contributed by atoms with E-state index in [0.717, 1.165) is 0 Å². The summed E-state index contributed by atoms with van der Waals surface area (Å²) in [6, 6.07) is 2.19. The van der Waals surface area contributed by atoms with Gasteiger partial charge in [-0.05, 0) is 39.9 Å². The Morgan fingerprint density at radius 2 is 1.94 bits per heavy atom. The van der Waals surface area contributed by atoms with Gasteiger partial charge in [-0.15, -0.1) is 0 Å². The first-order valence-electron chi connectivity index (χ1n) is 5.64. The van der Waals surface area contributed by atoms with Crippen molar-refractivity contribution in [3.05, 3.63) is 0 Å². The molecule has 100 valence electrons. The molecule has 0 aromatic rings. The predicted octanol–water partition coefficient (Wildman–Crippen LogP) is 2.15. The highest BCUT2D eigenvalue weighted by Crippen LogP contribution is 2.18. The van der Waals surface area contributed by atoms with Crippen molar-refractivity contribution < 1.29 is 13.2 Å². The second-order valence-corrected chi connectivity index (χ2v) is 4.25. The second-order valence-electron chi connectivity index (χ2n) is 4.25. The zero-order valence-electron chi connectivity index (χ0n) is 10.6. The van der Waals surface area contributed by atoms with Crippen LogP contribution >= 0.6 is 0 Å². The molecule has 0 bridgehead atoms. The van der Waals surface area contributed by atoms with Crippen LogP contribution in [0, 0.1) is 11.3 Å². The fourth-order valence-electron chi connectivity index (χ4n) is 1.71. The van der Waals surface area contributed by atoms with Crippen LogP contribution in [-0.4, -0.2) is 43.8 Å². The average Bonchev–Trinajstić information content (AvgIpc) is 2.22. The van der Waals surface area contributed by atoms with Gasteiger partial charge in [-0.2, -0.15) is 18.4 Å². The van der Waals surface area contributed by atoms with E-state index in [1.165, 1.54) is 11.9 Å². The minimum atomic E-state index is -4.16.